The summed E-state index contributed by atoms with van der Waals surface area (Å²) >= 11 is 0. The van der Waals surface area contributed by atoms with Gasteiger partial charge in [-0.2, -0.15) is 5.21 Å². The molecule has 4 rings (SSSR count). The van der Waals surface area contributed by atoms with E-state index in [1.807, 2.05) is 0 Å². The number of fused-ring (bicyclic) bond motifs is 1. The molecule has 2 aromatic heterocycles. The van der Waals surface area contributed by atoms with Gasteiger partial charge < -0.3 is 16.5 Å². The van der Waals surface area contributed by atoms with Gasteiger partial charge in [0.05, 0.1) is 27.2 Å². The summed E-state index contributed by atoms with van der Waals surface area (Å²) in [5.74, 6) is -1.38. The van der Waals surface area contributed by atoms with Gasteiger partial charge >= 0.3 is 0 Å². The Bertz CT molecular complexity index is 1570. The van der Waals surface area contributed by atoms with Crippen molar-refractivity contribution < 1.29 is 21.2 Å². The predicted molar refractivity (Wildman–Crippen MR) is 116 cm³/mol. The van der Waals surface area contributed by atoms with Crippen molar-refractivity contribution >= 4 is 36.8 Å². The van der Waals surface area contributed by atoms with Gasteiger partial charge in [-0.25, -0.2) is 31.3 Å². The van der Waals surface area contributed by atoms with Gasteiger partial charge in [0.15, 0.2) is 15.8 Å². The fourth-order valence-electron chi connectivity index (χ4n) is 3.50. The van der Waals surface area contributed by atoms with Crippen LogP contribution in [-0.4, -0.2) is 59.7 Å². The first-order chi connectivity index (χ1) is 15.5. The number of hydrogen-bond donors (Lipinski definition) is 5. The van der Waals surface area contributed by atoms with Crippen LogP contribution in [-0.2, 0) is 19.9 Å². The summed E-state index contributed by atoms with van der Waals surface area (Å²) in [7, 11) is -8.80. The quantitative estimate of drug-likeness (QED) is 0.228. The highest BCUT2D eigenvalue weighted by Gasteiger charge is 2.32. The topological polar surface area (TPSA) is 229 Å². The number of nitrogen functional groups attached to an aromatic ring is 1. The summed E-state index contributed by atoms with van der Waals surface area (Å²) in [5.41, 5.74) is 11.4. The minimum atomic E-state index is -4.67. The van der Waals surface area contributed by atoms with E-state index in [1.165, 1.54) is 6.07 Å². The lowest BCUT2D eigenvalue weighted by Crippen LogP contribution is -2.21. The number of halogens is 1. The molecule has 0 spiro atoms. The van der Waals surface area contributed by atoms with Crippen LogP contribution in [0.5, 0.6) is 0 Å². The van der Waals surface area contributed by atoms with Gasteiger partial charge in [-0.1, -0.05) is 6.07 Å². The van der Waals surface area contributed by atoms with Crippen LogP contribution in [0, 0.1) is 5.82 Å². The smallest absolute Gasteiger partial charge is 0.240 e. The number of aromatic nitrogens is 6. The number of nitrogens with two attached hydrogens (primary N) is 3. The maximum atomic E-state index is 14.4. The monoisotopic (exact) mass is 495 g/mol. The number of benzene rings is 2. The van der Waals surface area contributed by atoms with Gasteiger partial charge in [-0.15, -0.1) is 10.2 Å². The number of tetrazole rings is 1. The Balaban J connectivity index is 2.16. The molecular formula is C17H18FN9O4S2. The molecule has 33 heavy (non-hydrogen) atoms. The van der Waals surface area contributed by atoms with Crippen molar-refractivity contribution in [3.8, 4) is 22.5 Å². The molecule has 8 N–H and O–H groups in total. The second-order valence-electron chi connectivity index (χ2n) is 7.03. The number of sulfone groups is 1. The fraction of sp³-hybridized carbons (Fsp3) is 0.176. The molecule has 0 aliphatic heterocycles. The fourth-order valence-corrected chi connectivity index (χ4v) is 6.49. The van der Waals surface area contributed by atoms with E-state index < -0.39 is 41.2 Å². The van der Waals surface area contributed by atoms with E-state index in [1.54, 1.807) is 0 Å². The number of nitrogens with zero attached hydrogens (tertiary/aromatic N) is 4. The highest BCUT2D eigenvalue weighted by molar-refractivity contribution is 7.93. The molecule has 0 amide bonds. The molecular weight excluding hydrogens is 477 g/mol. The number of anilines is 1. The number of rotatable bonds is 7. The molecule has 16 heteroatoms. The standard InChI is InChI=1S/C17H18FN9O4S2/c18-8-6-10(14-11(7-8)22-17(20)23-14)9-2-3-12(32(28,29)5-1-4-19)15(33(21,30)31)13(9)16-24-26-27-25-16/h2-3,6-7H,1,4-5,19H2,(H3,20,22,23)(H2,21,30,31)(H,24,25,26,27). The van der Waals surface area contributed by atoms with E-state index in [0.29, 0.717) is 0 Å². The van der Waals surface area contributed by atoms with Crippen molar-refractivity contribution in [2.75, 3.05) is 18.0 Å². The van der Waals surface area contributed by atoms with Gasteiger partial charge in [0.25, 0.3) is 0 Å². The van der Waals surface area contributed by atoms with E-state index in [9.17, 15) is 21.2 Å². The average molecular weight is 496 g/mol. The number of sulfonamides is 1. The van der Waals surface area contributed by atoms with Crippen LogP contribution in [0.25, 0.3) is 33.5 Å². The lowest BCUT2D eigenvalue weighted by atomic mass is 9.97. The summed E-state index contributed by atoms with van der Waals surface area (Å²) < 4.78 is 65.7. The normalized spacial score (nSPS) is 12.5. The van der Waals surface area contributed by atoms with E-state index in [2.05, 4.69) is 30.6 Å². The first-order valence-corrected chi connectivity index (χ1v) is 12.5. The van der Waals surface area contributed by atoms with Crippen LogP contribution < -0.4 is 16.6 Å². The molecule has 0 fully saturated rings. The Morgan fingerprint density at radius 3 is 2.48 bits per heavy atom. The Morgan fingerprint density at radius 2 is 1.85 bits per heavy atom. The van der Waals surface area contributed by atoms with Gasteiger partial charge in [0.1, 0.15) is 10.7 Å². The van der Waals surface area contributed by atoms with Crippen molar-refractivity contribution in [2.24, 2.45) is 10.9 Å². The third kappa shape index (κ3) is 4.15. The molecule has 0 unspecified atom stereocenters. The van der Waals surface area contributed by atoms with Crippen molar-refractivity contribution in [2.45, 2.75) is 16.2 Å². The Kier molecular flexibility index (Phi) is 5.61. The zero-order valence-electron chi connectivity index (χ0n) is 16.8. The number of aromatic amines is 2. The molecule has 0 aliphatic carbocycles. The zero-order chi connectivity index (χ0) is 24.0. The van der Waals surface area contributed by atoms with Crippen LogP contribution in [0.1, 0.15) is 6.42 Å². The molecule has 2 aromatic carbocycles. The van der Waals surface area contributed by atoms with Crippen LogP contribution in [0.2, 0.25) is 0 Å². The Morgan fingerprint density at radius 1 is 1.09 bits per heavy atom. The van der Waals surface area contributed by atoms with E-state index in [-0.39, 0.29) is 52.5 Å². The van der Waals surface area contributed by atoms with Crippen molar-refractivity contribution in [3.63, 3.8) is 0 Å². The first kappa shape index (κ1) is 22.7. The number of primary sulfonamides is 1. The van der Waals surface area contributed by atoms with E-state index in [0.717, 1.165) is 18.2 Å². The van der Waals surface area contributed by atoms with Gasteiger partial charge in [-0.05, 0) is 41.9 Å². The molecule has 0 saturated heterocycles. The summed E-state index contributed by atoms with van der Waals surface area (Å²) in [6.45, 7) is 0.0710. The third-order valence-corrected chi connectivity index (χ3v) is 7.75. The van der Waals surface area contributed by atoms with Gasteiger partial charge in [0, 0.05) is 5.56 Å². The number of nitrogens with one attached hydrogen (secondary N) is 2. The van der Waals surface area contributed by atoms with Crippen LogP contribution in [0.4, 0.5) is 10.3 Å². The maximum Gasteiger partial charge on any atom is 0.240 e. The summed E-state index contributed by atoms with van der Waals surface area (Å²) in [5, 5.41) is 18.7. The highest BCUT2D eigenvalue weighted by Crippen LogP contribution is 2.41. The summed E-state index contributed by atoms with van der Waals surface area (Å²) in [6, 6.07) is 4.63. The molecule has 0 saturated carbocycles. The van der Waals surface area contributed by atoms with Crippen LogP contribution >= 0.6 is 0 Å². The lowest BCUT2D eigenvalue weighted by molar-refractivity contribution is 0.582. The number of imidazole rings is 1. The second-order valence-corrected chi connectivity index (χ2v) is 10.6. The van der Waals surface area contributed by atoms with Crippen LogP contribution in [0.3, 0.4) is 0 Å². The van der Waals surface area contributed by atoms with E-state index >= 15 is 0 Å². The van der Waals surface area contributed by atoms with Crippen LogP contribution in [0.15, 0.2) is 34.1 Å². The maximum absolute atomic E-state index is 14.4. The third-order valence-electron chi connectivity index (χ3n) is 4.79. The molecule has 0 aliphatic rings. The highest BCUT2D eigenvalue weighted by atomic mass is 32.2. The molecule has 0 atom stereocenters. The first-order valence-electron chi connectivity index (χ1n) is 9.34. The number of hydrogen-bond acceptors (Lipinski definition) is 10. The zero-order valence-corrected chi connectivity index (χ0v) is 18.4. The molecule has 13 nitrogen and oxygen atoms in total. The minimum Gasteiger partial charge on any atom is -0.369 e. The largest absolute Gasteiger partial charge is 0.369 e. The van der Waals surface area contributed by atoms with Crippen molar-refractivity contribution in [1.82, 2.24) is 30.6 Å². The minimum absolute atomic E-state index is 0.00869. The van der Waals surface area contributed by atoms with Gasteiger partial charge in [0.2, 0.25) is 15.8 Å². The average Bonchev–Trinajstić information content (AvgIpc) is 3.39. The molecule has 0 bridgehead atoms. The molecule has 0 radical (unpaired) electrons. The molecule has 174 valence electrons. The predicted octanol–water partition coefficient (Wildman–Crippen LogP) is -0.0988. The van der Waals surface area contributed by atoms with Crippen molar-refractivity contribution in [3.05, 3.63) is 30.1 Å². The SMILES string of the molecule is NCCCS(=O)(=O)c1ccc(-c2cc(F)cc3[nH]c(N)nc23)c(-c2nn[nH]n2)c1S(N)(=O)=O. The van der Waals surface area contributed by atoms with Gasteiger partial charge in [-0.3, -0.25) is 0 Å². The summed E-state index contributed by atoms with van der Waals surface area (Å²) in [4.78, 5) is 5.52. The number of H-pyrrole nitrogens is 2. The Hall–Kier alpha value is -3.47. The summed E-state index contributed by atoms with van der Waals surface area (Å²) in [6.07, 6.45) is 0.0861. The molecule has 2 heterocycles. The van der Waals surface area contributed by atoms with E-state index in [4.69, 9.17) is 16.6 Å². The lowest BCUT2D eigenvalue weighted by Gasteiger charge is -2.16. The van der Waals surface area contributed by atoms with Crippen molar-refractivity contribution in [1.29, 1.82) is 0 Å². The Labute approximate surface area is 186 Å². The second kappa shape index (κ2) is 8.14. The molecule has 4 aromatic rings.